The molecule has 1 aromatic heterocycles. The van der Waals surface area contributed by atoms with Crippen LogP contribution in [0.15, 0.2) is 79.1 Å². The number of carbonyl (C=O) groups is 1. The first-order valence-corrected chi connectivity index (χ1v) is 11.2. The van der Waals surface area contributed by atoms with Crippen molar-refractivity contribution in [2.75, 3.05) is 0 Å². The number of benzene rings is 1. The number of unbranched alkanes of at least 4 members (excludes halogenated alkanes) is 5. The molecular weight excluding hydrogens is 370 g/mol. The second-order valence-electron chi connectivity index (χ2n) is 7.19. The molecule has 0 atom stereocenters. The van der Waals surface area contributed by atoms with E-state index in [1.165, 1.54) is 18.2 Å². The number of carboxylic acids is 1. The summed E-state index contributed by atoms with van der Waals surface area (Å²) in [6.45, 7) is 2.15. The van der Waals surface area contributed by atoms with Crippen molar-refractivity contribution in [3.05, 3.63) is 79.1 Å². The summed E-state index contributed by atoms with van der Waals surface area (Å²) in [6.07, 6.45) is 25.2. The number of aliphatic carboxylic acids is 1. The number of allylic oxidation sites excluding steroid dienone is 6. The third-order valence-electron chi connectivity index (χ3n) is 4.55. The summed E-state index contributed by atoms with van der Waals surface area (Å²) in [5.74, 6) is -0.675. The lowest BCUT2D eigenvalue weighted by Crippen LogP contribution is -1.93. The van der Waals surface area contributed by atoms with Crippen LogP contribution in [-0.2, 0) is 4.79 Å². The summed E-state index contributed by atoms with van der Waals surface area (Å²) in [7, 11) is 0. The molecule has 3 heteroatoms. The summed E-state index contributed by atoms with van der Waals surface area (Å²) < 4.78 is 0. The first-order valence-electron chi connectivity index (χ1n) is 11.2. The molecule has 2 rings (SSSR count). The number of pyridine rings is 1. The fourth-order valence-corrected chi connectivity index (χ4v) is 2.91. The number of rotatable bonds is 13. The van der Waals surface area contributed by atoms with Crippen LogP contribution in [0.4, 0.5) is 0 Å². The van der Waals surface area contributed by atoms with E-state index in [1.54, 1.807) is 0 Å². The van der Waals surface area contributed by atoms with Gasteiger partial charge in [0.15, 0.2) is 0 Å². The van der Waals surface area contributed by atoms with Gasteiger partial charge in [-0.25, -0.2) is 0 Å². The van der Waals surface area contributed by atoms with E-state index in [0.717, 1.165) is 50.5 Å². The Morgan fingerprint density at radius 3 is 2.20 bits per heavy atom. The van der Waals surface area contributed by atoms with E-state index in [1.807, 2.05) is 30.5 Å². The number of aromatic nitrogens is 1. The number of nitrogens with zero attached hydrogens (tertiary/aromatic N) is 1. The van der Waals surface area contributed by atoms with Gasteiger partial charge < -0.3 is 5.11 Å². The molecule has 3 nitrogen and oxygen atoms in total. The molecule has 0 fully saturated rings. The van der Waals surface area contributed by atoms with Crippen molar-refractivity contribution in [3.63, 3.8) is 0 Å². The summed E-state index contributed by atoms with van der Waals surface area (Å²) in [6, 6.07) is 12.1. The van der Waals surface area contributed by atoms with Crippen molar-refractivity contribution in [2.45, 2.75) is 71.1 Å². The zero-order valence-electron chi connectivity index (χ0n) is 18.4. The zero-order valence-corrected chi connectivity index (χ0v) is 18.4. The standard InChI is InChI=1S/C18H30O2.C9H7N/c1-2-3-4-5-6-7-8-9-10-11-12-13-14-15-16-17-18(19)20;1-2-6-9-8(4-1)5-3-7-10-9/h3-4,6-7,9-10H,2,5,8,11-17H2,1H3,(H,19,20);1-7H/b4-3-,7-6-,10-9-;. The highest BCUT2D eigenvalue weighted by Gasteiger charge is 1.95. The predicted octanol–water partition coefficient (Wildman–Crippen LogP) is 7.90. The maximum atomic E-state index is 10.3. The van der Waals surface area contributed by atoms with Crippen molar-refractivity contribution in [2.24, 2.45) is 0 Å². The van der Waals surface area contributed by atoms with Gasteiger partial charge in [-0.05, 0) is 50.7 Å². The van der Waals surface area contributed by atoms with Crippen LogP contribution in [0.3, 0.4) is 0 Å². The summed E-state index contributed by atoms with van der Waals surface area (Å²) >= 11 is 0. The summed E-state index contributed by atoms with van der Waals surface area (Å²) in [5, 5.41) is 9.70. The van der Waals surface area contributed by atoms with E-state index < -0.39 is 5.97 Å². The molecule has 30 heavy (non-hydrogen) atoms. The molecule has 0 saturated carbocycles. The Balaban J connectivity index is 0.000000367. The molecule has 1 N–H and O–H groups in total. The molecule has 0 saturated heterocycles. The molecule has 0 aliphatic rings. The third-order valence-corrected chi connectivity index (χ3v) is 4.55. The molecule has 0 unspecified atom stereocenters. The van der Waals surface area contributed by atoms with Gasteiger partial charge in [0.2, 0.25) is 0 Å². The normalized spacial score (nSPS) is 11.4. The maximum Gasteiger partial charge on any atom is 0.303 e. The van der Waals surface area contributed by atoms with Gasteiger partial charge in [0.1, 0.15) is 0 Å². The maximum absolute atomic E-state index is 10.3. The van der Waals surface area contributed by atoms with Crippen molar-refractivity contribution in [3.8, 4) is 0 Å². The van der Waals surface area contributed by atoms with Gasteiger partial charge in [-0.3, -0.25) is 9.78 Å². The van der Waals surface area contributed by atoms with Crippen molar-refractivity contribution in [1.29, 1.82) is 0 Å². The van der Waals surface area contributed by atoms with E-state index >= 15 is 0 Å². The van der Waals surface area contributed by atoms with Gasteiger partial charge >= 0.3 is 5.97 Å². The van der Waals surface area contributed by atoms with Gasteiger partial charge in [0.05, 0.1) is 5.52 Å². The molecule has 0 radical (unpaired) electrons. The molecule has 0 spiro atoms. The van der Waals surface area contributed by atoms with Crippen molar-refractivity contribution >= 4 is 16.9 Å². The van der Waals surface area contributed by atoms with Gasteiger partial charge in [0, 0.05) is 18.0 Å². The molecule has 0 amide bonds. The molecule has 1 aromatic carbocycles. The number of para-hydroxylation sites is 1. The van der Waals surface area contributed by atoms with Gasteiger partial charge in [-0.2, -0.15) is 0 Å². The number of carboxylic acid groups (broad SMARTS) is 1. The SMILES string of the molecule is CC/C=C\C/C=C\C/C=C\CCCCCCCC(=O)O.c1ccc2ncccc2c1. The van der Waals surface area contributed by atoms with E-state index in [0.29, 0.717) is 6.42 Å². The Morgan fingerprint density at radius 1 is 0.833 bits per heavy atom. The second-order valence-corrected chi connectivity index (χ2v) is 7.19. The molecule has 0 aliphatic carbocycles. The first kappa shape index (κ1) is 25.4. The highest BCUT2D eigenvalue weighted by atomic mass is 16.4. The van der Waals surface area contributed by atoms with Gasteiger partial charge in [0.25, 0.3) is 0 Å². The van der Waals surface area contributed by atoms with Crippen LogP contribution in [0.5, 0.6) is 0 Å². The number of hydrogen-bond acceptors (Lipinski definition) is 2. The van der Waals surface area contributed by atoms with Crippen molar-refractivity contribution in [1.82, 2.24) is 4.98 Å². The zero-order chi connectivity index (χ0) is 21.7. The van der Waals surface area contributed by atoms with Crippen LogP contribution in [0.25, 0.3) is 10.9 Å². The van der Waals surface area contributed by atoms with Crippen molar-refractivity contribution < 1.29 is 9.90 Å². The van der Waals surface area contributed by atoms with Gasteiger partial charge in [-0.1, -0.05) is 86.9 Å². The Kier molecular flexibility index (Phi) is 15.5. The van der Waals surface area contributed by atoms with E-state index in [9.17, 15) is 4.79 Å². The van der Waals surface area contributed by atoms with E-state index in [2.05, 4.69) is 60.5 Å². The number of hydrogen-bond donors (Lipinski definition) is 1. The monoisotopic (exact) mass is 407 g/mol. The lowest BCUT2D eigenvalue weighted by Gasteiger charge is -1.98. The van der Waals surface area contributed by atoms with Crippen LogP contribution in [0, 0.1) is 0 Å². The van der Waals surface area contributed by atoms with E-state index in [4.69, 9.17) is 5.11 Å². The minimum atomic E-state index is -0.675. The van der Waals surface area contributed by atoms with Crippen LogP contribution < -0.4 is 0 Å². The van der Waals surface area contributed by atoms with Crippen LogP contribution in [-0.4, -0.2) is 16.1 Å². The Labute approximate surface area is 182 Å². The molecule has 162 valence electrons. The summed E-state index contributed by atoms with van der Waals surface area (Å²) in [4.78, 5) is 14.5. The minimum Gasteiger partial charge on any atom is -0.481 e. The third kappa shape index (κ3) is 14.3. The Hall–Kier alpha value is -2.68. The highest BCUT2D eigenvalue weighted by Crippen LogP contribution is 2.08. The first-order chi connectivity index (χ1) is 14.7. The van der Waals surface area contributed by atoms with Gasteiger partial charge in [-0.15, -0.1) is 0 Å². The molecule has 2 aromatic rings. The molecule has 0 aliphatic heterocycles. The summed E-state index contributed by atoms with van der Waals surface area (Å²) in [5.41, 5.74) is 1.06. The number of fused-ring (bicyclic) bond motifs is 1. The molecule has 0 bridgehead atoms. The largest absolute Gasteiger partial charge is 0.481 e. The molecule has 1 heterocycles. The van der Waals surface area contributed by atoms with Crippen LogP contribution in [0.1, 0.15) is 71.1 Å². The fraction of sp³-hybridized carbons (Fsp3) is 0.407. The Bertz CT molecular complexity index is 712. The second kappa shape index (κ2) is 18.4. The predicted molar refractivity (Wildman–Crippen MR) is 129 cm³/mol. The van der Waals surface area contributed by atoms with Crippen LogP contribution >= 0.6 is 0 Å². The Morgan fingerprint density at radius 2 is 1.47 bits per heavy atom. The average Bonchev–Trinajstić information content (AvgIpc) is 2.77. The average molecular weight is 408 g/mol. The molecular formula is C27H37NO2. The minimum absolute atomic E-state index is 0.319. The fourth-order valence-electron chi connectivity index (χ4n) is 2.91. The highest BCUT2D eigenvalue weighted by molar-refractivity contribution is 5.77. The smallest absolute Gasteiger partial charge is 0.303 e. The van der Waals surface area contributed by atoms with Crippen LogP contribution in [0.2, 0.25) is 0 Å². The lowest BCUT2D eigenvalue weighted by molar-refractivity contribution is -0.137. The topological polar surface area (TPSA) is 50.2 Å². The quantitative estimate of drug-likeness (QED) is 0.271. The lowest BCUT2D eigenvalue weighted by atomic mass is 10.1. The van der Waals surface area contributed by atoms with E-state index in [-0.39, 0.29) is 0 Å².